The molecule has 2 nitrogen and oxygen atoms in total. The van der Waals surface area contributed by atoms with Gasteiger partial charge in [0.15, 0.2) is 0 Å². The van der Waals surface area contributed by atoms with Crippen molar-refractivity contribution in [1.82, 2.24) is 0 Å². The van der Waals surface area contributed by atoms with E-state index in [4.69, 9.17) is 9.47 Å². The molecule has 0 amide bonds. The predicted molar refractivity (Wildman–Crippen MR) is 94.6 cm³/mol. The Morgan fingerprint density at radius 2 is 1.19 bits per heavy atom. The summed E-state index contributed by atoms with van der Waals surface area (Å²) in [6.45, 7) is 0. The normalized spacial score (nSPS) is 10.5. The maximum absolute atomic E-state index is 5.32. The van der Waals surface area contributed by atoms with Crippen LogP contribution in [0.4, 0.5) is 0 Å². The first-order valence-corrected chi connectivity index (χ1v) is 11.1. The van der Waals surface area contributed by atoms with Gasteiger partial charge in [-0.15, -0.1) is 0 Å². The number of hydrogen-bond donors (Lipinski definition) is 0. The standard InChI is InChI=1S/C16H18O2S2Te/c1-17-11-5-7-15(13(9-11)19-3)21-16-8-6-12(18-2)10-14(16)20-4/h5-10H,1-4H3. The summed E-state index contributed by atoms with van der Waals surface area (Å²) in [7, 11) is 3.43. The minimum atomic E-state index is -0.422. The summed E-state index contributed by atoms with van der Waals surface area (Å²) in [5.74, 6) is 1.85. The summed E-state index contributed by atoms with van der Waals surface area (Å²) < 4.78 is 13.5. The van der Waals surface area contributed by atoms with Crippen LogP contribution in [0.3, 0.4) is 0 Å². The molecule has 0 aromatic heterocycles. The van der Waals surface area contributed by atoms with E-state index in [0.29, 0.717) is 0 Å². The van der Waals surface area contributed by atoms with Gasteiger partial charge >= 0.3 is 146 Å². The molecular weight excluding hydrogens is 416 g/mol. The molecule has 2 aromatic carbocycles. The van der Waals surface area contributed by atoms with Crippen LogP contribution in [0.1, 0.15) is 0 Å². The van der Waals surface area contributed by atoms with Crippen molar-refractivity contribution >= 4 is 51.7 Å². The van der Waals surface area contributed by atoms with E-state index in [-0.39, 0.29) is 0 Å². The number of rotatable bonds is 6. The summed E-state index contributed by atoms with van der Waals surface area (Å²) in [6.07, 6.45) is 4.24. The third-order valence-electron chi connectivity index (χ3n) is 2.96. The van der Waals surface area contributed by atoms with Gasteiger partial charge < -0.3 is 0 Å². The Kier molecular flexibility index (Phi) is 6.63. The van der Waals surface area contributed by atoms with Crippen molar-refractivity contribution in [2.45, 2.75) is 9.79 Å². The Hall–Kier alpha value is -0.470. The van der Waals surface area contributed by atoms with Gasteiger partial charge in [-0.2, -0.15) is 0 Å². The van der Waals surface area contributed by atoms with Crippen molar-refractivity contribution < 1.29 is 9.47 Å². The van der Waals surface area contributed by atoms with Gasteiger partial charge in [-0.25, -0.2) is 0 Å². The van der Waals surface area contributed by atoms with Crippen molar-refractivity contribution in [2.75, 3.05) is 26.7 Å². The van der Waals surface area contributed by atoms with Crippen LogP contribution in [0.5, 0.6) is 11.5 Å². The van der Waals surface area contributed by atoms with Crippen LogP contribution in [0.25, 0.3) is 0 Å². The van der Waals surface area contributed by atoms with Gasteiger partial charge in [0.1, 0.15) is 0 Å². The van der Waals surface area contributed by atoms with Gasteiger partial charge in [0, 0.05) is 0 Å². The predicted octanol–water partition coefficient (Wildman–Crippen LogP) is 2.80. The van der Waals surface area contributed by atoms with E-state index in [0.717, 1.165) is 11.5 Å². The summed E-state index contributed by atoms with van der Waals surface area (Å²) in [5, 5.41) is 0. The van der Waals surface area contributed by atoms with Crippen LogP contribution in [0.2, 0.25) is 0 Å². The van der Waals surface area contributed by atoms with Crippen molar-refractivity contribution in [2.24, 2.45) is 0 Å². The molecule has 0 N–H and O–H groups in total. The molecule has 0 atom stereocenters. The van der Waals surface area contributed by atoms with Crippen LogP contribution in [0, 0.1) is 0 Å². The molecule has 0 saturated heterocycles. The summed E-state index contributed by atoms with van der Waals surface area (Å²) >= 11 is 3.15. The third kappa shape index (κ3) is 4.26. The summed E-state index contributed by atoms with van der Waals surface area (Å²) in [4.78, 5) is 2.64. The zero-order chi connectivity index (χ0) is 15.2. The molecule has 2 aromatic rings. The van der Waals surface area contributed by atoms with Crippen molar-refractivity contribution in [3.05, 3.63) is 36.4 Å². The number of thioether (sulfide) groups is 2. The van der Waals surface area contributed by atoms with Crippen LogP contribution in [-0.4, -0.2) is 47.7 Å². The Morgan fingerprint density at radius 1 is 0.762 bits per heavy atom. The molecule has 0 radical (unpaired) electrons. The molecule has 0 heterocycles. The SMILES string of the molecule is COc1ccc([Te]c2ccc(OC)cc2SC)c(SC)c1. The molecule has 21 heavy (non-hydrogen) atoms. The molecule has 5 heteroatoms. The van der Waals surface area contributed by atoms with Gasteiger partial charge in [-0.1, -0.05) is 0 Å². The van der Waals surface area contributed by atoms with Gasteiger partial charge in [0.25, 0.3) is 0 Å². The molecule has 0 spiro atoms. The fourth-order valence-corrected chi connectivity index (χ4v) is 7.19. The van der Waals surface area contributed by atoms with E-state index in [1.807, 2.05) is 0 Å². The second-order valence-electron chi connectivity index (χ2n) is 4.14. The molecule has 0 aliphatic heterocycles. The first kappa shape index (κ1) is 16.9. The fraction of sp³-hybridized carbons (Fsp3) is 0.250. The number of benzene rings is 2. The molecule has 0 bridgehead atoms. The maximum atomic E-state index is 5.32. The first-order valence-electron chi connectivity index (χ1n) is 6.33. The topological polar surface area (TPSA) is 18.5 Å². The van der Waals surface area contributed by atoms with Crippen molar-refractivity contribution in [1.29, 1.82) is 0 Å². The van der Waals surface area contributed by atoms with E-state index in [1.165, 1.54) is 17.0 Å². The van der Waals surface area contributed by atoms with Crippen LogP contribution in [0.15, 0.2) is 46.2 Å². The molecule has 2 rings (SSSR count). The third-order valence-corrected chi connectivity index (χ3v) is 8.61. The summed E-state index contributed by atoms with van der Waals surface area (Å²) in [5.41, 5.74) is 0. The number of methoxy groups -OCH3 is 2. The minimum absolute atomic E-state index is 0.422. The van der Waals surface area contributed by atoms with Crippen molar-refractivity contribution in [3.8, 4) is 11.5 Å². The van der Waals surface area contributed by atoms with E-state index < -0.39 is 20.9 Å². The van der Waals surface area contributed by atoms with E-state index >= 15 is 0 Å². The van der Waals surface area contributed by atoms with E-state index in [2.05, 4.69) is 48.9 Å². The van der Waals surface area contributed by atoms with Gasteiger partial charge in [-0.05, 0) is 0 Å². The quantitative estimate of drug-likeness (QED) is 0.515. The molecule has 0 aliphatic rings. The average molecular weight is 434 g/mol. The molecule has 0 saturated carbocycles. The molecular formula is C16H18O2S2Te. The van der Waals surface area contributed by atoms with Gasteiger partial charge in [0.05, 0.1) is 0 Å². The molecule has 0 fully saturated rings. The van der Waals surface area contributed by atoms with Crippen LogP contribution in [-0.2, 0) is 0 Å². The number of ether oxygens (including phenoxy) is 2. The zero-order valence-corrected chi connectivity index (χ0v) is 16.5. The molecule has 0 unspecified atom stereocenters. The second-order valence-corrected chi connectivity index (χ2v) is 8.93. The van der Waals surface area contributed by atoms with Gasteiger partial charge in [-0.3, -0.25) is 0 Å². The Bertz CT molecular complexity index is 564. The van der Waals surface area contributed by atoms with E-state index in [1.54, 1.807) is 37.7 Å². The van der Waals surface area contributed by atoms with Crippen molar-refractivity contribution in [3.63, 3.8) is 0 Å². The Morgan fingerprint density at radius 3 is 1.52 bits per heavy atom. The number of hydrogen-bond acceptors (Lipinski definition) is 4. The average Bonchev–Trinajstić information content (AvgIpc) is 2.55. The van der Waals surface area contributed by atoms with Gasteiger partial charge in [0.2, 0.25) is 0 Å². The van der Waals surface area contributed by atoms with Crippen LogP contribution >= 0.6 is 23.5 Å². The second kappa shape index (κ2) is 8.24. The fourth-order valence-electron chi connectivity index (χ4n) is 1.84. The first-order chi connectivity index (χ1) is 10.2. The zero-order valence-electron chi connectivity index (χ0n) is 12.5. The van der Waals surface area contributed by atoms with Crippen LogP contribution < -0.4 is 16.7 Å². The Labute approximate surface area is 145 Å². The van der Waals surface area contributed by atoms with E-state index in [9.17, 15) is 0 Å². The molecule has 0 aliphatic carbocycles. The summed E-state index contributed by atoms with van der Waals surface area (Å²) in [6, 6.07) is 12.8. The Balaban J connectivity index is 2.33. The monoisotopic (exact) mass is 436 g/mol. The molecule has 112 valence electrons.